The number of nitrogens with one attached hydrogen (secondary N) is 1. The Morgan fingerprint density at radius 1 is 1.53 bits per heavy atom. The van der Waals surface area contributed by atoms with Gasteiger partial charge >= 0.3 is 0 Å². The van der Waals surface area contributed by atoms with Crippen molar-refractivity contribution in [3.05, 3.63) is 28.2 Å². The lowest BCUT2D eigenvalue weighted by Gasteiger charge is -2.18. The Bertz CT molecular complexity index is 433. The second-order valence-corrected chi connectivity index (χ2v) is 5.45. The molecule has 0 spiro atoms. The highest BCUT2D eigenvalue weighted by atomic mass is 79.9. The molecule has 92 valence electrons. The Balaban J connectivity index is 2.05. The normalized spacial score (nSPS) is 20.5. The van der Waals surface area contributed by atoms with Gasteiger partial charge in [-0.1, -0.05) is 22.0 Å². The molecule has 0 aromatic heterocycles. The van der Waals surface area contributed by atoms with Crippen LogP contribution in [0, 0.1) is 6.92 Å². The molecular formula is C13H17BrN2O. The SMILES string of the molecule is Cc1ccc(NC(=O)C2CCCN2C)cc1Br. The van der Waals surface area contributed by atoms with Gasteiger partial charge in [0.25, 0.3) is 0 Å². The van der Waals surface area contributed by atoms with Crippen molar-refractivity contribution < 1.29 is 4.79 Å². The van der Waals surface area contributed by atoms with Crippen molar-refractivity contribution in [2.75, 3.05) is 18.9 Å². The highest BCUT2D eigenvalue weighted by Crippen LogP contribution is 2.22. The predicted molar refractivity (Wildman–Crippen MR) is 73.2 cm³/mol. The van der Waals surface area contributed by atoms with Gasteiger partial charge in [0.05, 0.1) is 6.04 Å². The molecule has 1 fully saturated rings. The van der Waals surface area contributed by atoms with Gasteiger partial charge in [-0.15, -0.1) is 0 Å². The highest BCUT2D eigenvalue weighted by molar-refractivity contribution is 9.10. The molecule has 0 saturated carbocycles. The molecule has 4 heteroatoms. The largest absolute Gasteiger partial charge is 0.325 e. The third kappa shape index (κ3) is 2.87. The molecule has 1 N–H and O–H groups in total. The number of amides is 1. The molecule has 1 atom stereocenters. The second-order valence-electron chi connectivity index (χ2n) is 4.59. The molecule has 1 aliphatic heterocycles. The second kappa shape index (κ2) is 5.19. The fourth-order valence-corrected chi connectivity index (χ4v) is 2.52. The first-order valence-corrected chi connectivity index (χ1v) is 6.64. The zero-order valence-corrected chi connectivity index (χ0v) is 11.8. The number of hydrogen-bond acceptors (Lipinski definition) is 2. The van der Waals surface area contributed by atoms with E-state index in [9.17, 15) is 4.79 Å². The Kier molecular flexibility index (Phi) is 3.84. The zero-order valence-electron chi connectivity index (χ0n) is 10.2. The lowest BCUT2D eigenvalue weighted by molar-refractivity contribution is -0.119. The van der Waals surface area contributed by atoms with Gasteiger partial charge in [-0.3, -0.25) is 9.69 Å². The first-order chi connectivity index (χ1) is 8.08. The summed E-state index contributed by atoms with van der Waals surface area (Å²) in [4.78, 5) is 14.2. The van der Waals surface area contributed by atoms with E-state index in [4.69, 9.17) is 0 Å². The number of halogens is 1. The molecule has 3 nitrogen and oxygen atoms in total. The van der Waals surface area contributed by atoms with Gasteiger partial charge in [0.2, 0.25) is 5.91 Å². The van der Waals surface area contributed by atoms with Crippen molar-refractivity contribution in [2.24, 2.45) is 0 Å². The number of likely N-dealkylation sites (N-methyl/N-ethyl adjacent to an activating group) is 1. The number of likely N-dealkylation sites (tertiary alicyclic amines) is 1. The van der Waals surface area contributed by atoms with Gasteiger partial charge in [-0.2, -0.15) is 0 Å². The average molecular weight is 297 g/mol. The van der Waals surface area contributed by atoms with Gasteiger partial charge in [0.15, 0.2) is 0 Å². The van der Waals surface area contributed by atoms with Crippen LogP contribution >= 0.6 is 15.9 Å². The van der Waals surface area contributed by atoms with E-state index in [0.29, 0.717) is 0 Å². The summed E-state index contributed by atoms with van der Waals surface area (Å²) in [6, 6.07) is 5.91. The topological polar surface area (TPSA) is 32.3 Å². The summed E-state index contributed by atoms with van der Waals surface area (Å²) < 4.78 is 1.02. The number of carbonyl (C=O) groups is 1. The van der Waals surface area contributed by atoms with Crippen LogP contribution in [0.25, 0.3) is 0 Å². The van der Waals surface area contributed by atoms with E-state index in [2.05, 4.69) is 26.1 Å². The lowest BCUT2D eigenvalue weighted by Crippen LogP contribution is -2.37. The molecule has 1 unspecified atom stereocenters. The molecule has 1 aromatic carbocycles. The van der Waals surface area contributed by atoms with Crippen molar-refractivity contribution in [2.45, 2.75) is 25.8 Å². The standard InChI is InChI=1S/C13H17BrN2O/c1-9-5-6-10(8-11(9)14)15-13(17)12-4-3-7-16(12)2/h5-6,8,12H,3-4,7H2,1-2H3,(H,15,17). The number of benzene rings is 1. The van der Waals surface area contributed by atoms with Gasteiger partial charge in [-0.05, 0) is 51.1 Å². The maximum absolute atomic E-state index is 12.1. The Hall–Kier alpha value is -0.870. The Labute approximate surface area is 110 Å². The Morgan fingerprint density at radius 2 is 2.29 bits per heavy atom. The predicted octanol–water partition coefficient (Wildman–Crippen LogP) is 2.79. The maximum Gasteiger partial charge on any atom is 0.241 e. The van der Waals surface area contributed by atoms with Crippen LogP contribution in [0.1, 0.15) is 18.4 Å². The number of anilines is 1. The summed E-state index contributed by atoms with van der Waals surface area (Å²) in [5, 5.41) is 2.97. The summed E-state index contributed by atoms with van der Waals surface area (Å²) in [7, 11) is 2.00. The number of hydrogen-bond donors (Lipinski definition) is 1. The minimum atomic E-state index is 0.0232. The third-order valence-electron chi connectivity index (χ3n) is 3.26. The minimum Gasteiger partial charge on any atom is -0.325 e. The quantitative estimate of drug-likeness (QED) is 0.910. The number of carbonyl (C=O) groups excluding carboxylic acids is 1. The van der Waals surface area contributed by atoms with Crippen LogP contribution in [0.4, 0.5) is 5.69 Å². The fraction of sp³-hybridized carbons (Fsp3) is 0.462. The van der Waals surface area contributed by atoms with E-state index in [1.807, 2.05) is 32.2 Å². The Morgan fingerprint density at radius 3 is 2.88 bits per heavy atom. The molecule has 1 aromatic rings. The number of nitrogens with zero attached hydrogens (tertiary/aromatic N) is 1. The number of aryl methyl sites for hydroxylation is 1. The third-order valence-corrected chi connectivity index (χ3v) is 4.12. The van der Waals surface area contributed by atoms with E-state index < -0.39 is 0 Å². The van der Waals surface area contributed by atoms with Crippen LogP contribution in [-0.2, 0) is 4.79 Å². The maximum atomic E-state index is 12.1. The molecule has 0 aliphatic carbocycles. The van der Waals surface area contributed by atoms with Crippen molar-refractivity contribution in [3.63, 3.8) is 0 Å². The van der Waals surface area contributed by atoms with Gasteiger partial charge in [-0.25, -0.2) is 0 Å². The monoisotopic (exact) mass is 296 g/mol. The summed E-state index contributed by atoms with van der Waals surface area (Å²) in [6.07, 6.45) is 2.06. The van der Waals surface area contributed by atoms with Crippen LogP contribution in [0.5, 0.6) is 0 Å². The molecule has 0 radical (unpaired) electrons. The van der Waals surface area contributed by atoms with E-state index in [1.54, 1.807) is 0 Å². The average Bonchev–Trinajstić information content (AvgIpc) is 2.70. The minimum absolute atomic E-state index is 0.0232. The fourth-order valence-electron chi connectivity index (χ4n) is 2.14. The van der Waals surface area contributed by atoms with Gasteiger partial charge in [0, 0.05) is 10.2 Å². The number of rotatable bonds is 2. The smallest absolute Gasteiger partial charge is 0.241 e. The highest BCUT2D eigenvalue weighted by Gasteiger charge is 2.27. The molecule has 0 bridgehead atoms. The van der Waals surface area contributed by atoms with Crippen molar-refractivity contribution in [1.82, 2.24) is 4.90 Å². The van der Waals surface area contributed by atoms with Crippen molar-refractivity contribution in [3.8, 4) is 0 Å². The molecule has 17 heavy (non-hydrogen) atoms. The molecule has 2 rings (SSSR count). The zero-order chi connectivity index (χ0) is 12.4. The molecule has 1 amide bonds. The van der Waals surface area contributed by atoms with E-state index >= 15 is 0 Å². The first kappa shape index (κ1) is 12.6. The van der Waals surface area contributed by atoms with Crippen LogP contribution in [-0.4, -0.2) is 30.4 Å². The lowest BCUT2D eigenvalue weighted by atomic mass is 10.2. The molecular weight excluding hydrogens is 280 g/mol. The summed E-state index contributed by atoms with van der Waals surface area (Å²) >= 11 is 3.47. The van der Waals surface area contributed by atoms with Crippen LogP contribution in [0.3, 0.4) is 0 Å². The van der Waals surface area contributed by atoms with Crippen molar-refractivity contribution in [1.29, 1.82) is 0 Å². The first-order valence-electron chi connectivity index (χ1n) is 5.85. The van der Waals surface area contributed by atoms with Crippen LogP contribution in [0.2, 0.25) is 0 Å². The summed E-state index contributed by atoms with van der Waals surface area (Å²) in [5.74, 6) is 0.0979. The van der Waals surface area contributed by atoms with E-state index in [1.165, 1.54) is 5.56 Å². The molecule has 1 aliphatic rings. The van der Waals surface area contributed by atoms with E-state index in [0.717, 1.165) is 29.5 Å². The van der Waals surface area contributed by atoms with Gasteiger partial charge in [0.1, 0.15) is 0 Å². The van der Waals surface area contributed by atoms with Crippen molar-refractivity contribution >= 4 is 27.5 Å². The molecule has 1 saturated heterocycles. The van der Waals surface area contributed by atoms with Crippen LogP contribution in [0.15, 0.2) is 22.7 Å². The molecule has 1 heterocycles. The van der Waals surface area contributed by atoms with E-state index in [-0.39, 0.29) is 11.9 Å². The summed E-state index contributed by atoms with van der Waals surface area (Å²) in [6.45, 7) is 3.04. The summed E-state index contributed by atoms with van der Waals surface area (Å²) in [5.41, 5.74) is 2.02. The van der Waals surface area contributed by atoms with Gasteiger partial charge < -0.3 is 5.32 Å². The van der Waals surface area contributed by atoms with Crippen LogP contribution < -0.4 is 5.32 Å².